The number of methoxy groups -OCH3 is 1. The van der Waals surface area contributed by atoms with Crippen LogP contribution >= 0.6 is 0 Å². The minimum absolute atomic E-state index is 0.00424. The van der Waals surface area contributed by atoms with Crippen molar-refractivity contribution in [2.45, 2.75) is 56.6 Å². The zero-order valence-corrected chi connectivity index (χ0v) is 24.5. The van der Waals surface area contributed by atoms with Gasteiger partial charge in [0.2, 0.25) is 15.9 Å². The Morgan fingerprint density at radius 3 is 2.57 bits per heavy atom. The van der Waals surface area contributed by atoms with E-state index in [1.165, 1.54) is 0 Å². The number of β-amino-alcohol motifs (C(OH)–C–C–N with tert-alkyl or cyclic N) is 1. The summed E-state index contributed by atoms with van der Waals surface area (Å²) in [6.07, 6.45) is -3.35. The maximum absolute atomic E-state index is 13.5. The Labute approximate surface area is 244 Å². The van der Waals surface area contributed by atoms with Crippen LogP contribution in [0.1, 0.15) is 30.4 Å². The van der Waals surface area contributed by atoms with Crippen LogP contribution in [-0.4, -0.2) is 81.2 Å². The Morgan fingerprint density at radius 1 is 1.14 bits per heavy atom. The summed E-state index contributed by atoms with van der Waals surface area (Å²) in [7, 11) is -1.76. The van der Waals surface area contributed by atoms with E-state index in [1.807, 2.05) is 36.4 Å². The molecule has 0 saturated heterocycles. The van der Waals surface area contributed by atoms with Crippen LogP contribution in [0.15, 0.2) is 60.7 Å². The van der Waals surface area contributed by atoms with Gasteiger partial charge in [0, 0.05) is 25.7 Å². The SMILES string of the molecule is COc1ccc2c(c1)CNC[C@@H](O)[C@H](Cc1ccccc1)NC(=O)[C@@H](N(C)S(=O)(=O)CCC(F)(F)F)CC/C=C/CO2. The number of fused-ring (bicyclic) bond motifs is 1. The molecule has 1 aliphatic rings. The largest absolute Gasteiger partial charge is 0.497 e. The van der Waals surface area contributed by atoms with Crippen molar-refractivity contribution in [2.24, 2.45) is 0 Å². The average Bonchev–Trinajstić information content (AvgIpc) is 2.95. The number of aliphatic hydroxyl groups is 1. The number of carbonyl (C=O) groups is 1. The summed E-state index contributed by atoms with van der Waals surface area (Å²) in [6, 6.07) is 12.4. The molecule has 0 aromatic heterocycles. The maximum Gasteiger partial charge on any atom is 0.390 e. The molecule has 3 atom stereocenters. The smallest absolute Gasteiger partial charge is 0.390 e. The van der Waals surface area contributed by atoms with Crippen LogP contribution in [-0.2, 0) is 27.8 Å². The molecule has 0 unspecified atom stereocenters. The lowest BCUT2D eigenvalue weighted by Gasteiger charge is -2.31. The normalized spacial score (nSPS) is 22.1. The Bertz CT molecular complexity index is 1290. The highest BCUT2D eigenvalue weighted by atomic mass is 32.2. The van der Waals surface area contributed by atoms with Crippen molar-refractivity contribution in [1.82, 2.24) is 14.9 Å². The van der Waals surface area contributed by atoms with Crippen molar-refractivity contribution in [3.63, 3.8) is 0 Å². The molecule has 0 bridgehead atoms. The van der Waals surface area contributed by atoms with Gasteiger partial charge in [0.05, 0.1) is 31.4 Å². The van der Waals surface area contributed by atoms with Gasteiger partial charge in [-0.1, -0.05) is 42.5 Å². The van der Waals surface area contributed by atoms with E-state index in [0.717, 1.165) is 18.2 Å². The van der Waals surface area contributed by atoms with Gasteiger partial charge in [0.15, 0.2) is 0 Å². The number of ether oxygens (including phenoxy) is 2. The number of allylic oxidation sites excluding steroid dienone is 1. The van der Waals surface area contributed by atoms with Crippen LogP contribution in [0.4, 0.5) is 13.2 Å². The first-order valence-corrected chi connectivity index (χ1v) is 15.2. The van der Waals surface area contributed by atoms with Crippen LogP contribution in [0.3, 0.4) is 0 Å². The number of likely N-dealkylation sites (N-methyl/N-ethyl adjacent to an activating group) is 1. The summed E-state index contributed by atoms with van der Waals surface area (Å²) in [4.78, 5) is 13.5. The van der Waals surface area contributed by atoms with Gasteiger partial charge in [-0.25, -0.2) is 8.42 Å². The highest BCUT2D eigenvalue weighted by Crippen LogP contribution is 2.25. The first kappa shape index (κ1) is 33.4. The number of halogens is 3. The van der Waals surface area contributed by atoms with Crippen molar-refractivity contribution in [3.05, 3.63) is 71.8 Å². The average molecular weight is 614 g/mol. The molecule has 3 rings (SSSR count). The summed E-state index contributed by atoms with van der Waals surface area (Å²) < 4.78 is 76.0. The molecule has 13 heteroatoms. The number of carbonyl (C=O) groups excluding carboxylic acids is 1. The van der Waals surface area contributed by atoms with Gasteiger partial charge in [-0.2, -0.15) is 17.5 Å². The van der Waals surface area contributed by atoms with Crippen LogP contribution < -0.4 is 20.1 Å². The fourth-order valence-electron chi connectivity index (χ4n) is 4.53. The topological polar surface area (TPSA) is 117 Å². The van der Waals surface area contributed by atoms with Gasteiger partial charge in [0.1, 0.15) is 24.1 Å². The molecule has 232 valence electrons. The van der Waals surface area contributed by atoms with Crippen molar-refractivity contribution in [1.29, 1.82) is 0 Å². The zero-order valence-electron chi connectivity index (χ0n) is 23.6. The van der Waals surface area contributed by atoms with Crippen molar-refractivity contribution >= 4 is 15.9 Å². The fourth-order valence-corrected chi connectivity index (χ4v) is 5.89. The zero-order chi connectivity index (χ0) is 30.8. The summed E-state index contributed by atoms with van der Waals surface area (Å²) >= 11 is 0. The molecule has 42 heavy (non-hydrogen) atoms. The molecule has 3 N–H and O–H groups in total. The molecular weight excluding hydrogens is 575 g/mol. The van der Waals surface area contributed by atoms with E-state index in [9.17, 15) is 31.5 Å². The molecule has 1 aliphatic heterocycles. The molecule has 0 saturated carbocycles. The van der Waals surface area contributed by atoms with E-state index >= 15 is 0 Å². The van der Waals surface area contributed by atoms with Gasteiger partial charge < -0.3 is 25.2 Å². The van der Waals surface area contributed by atoms with E-state index in [4.69, 9.17) is 9.47 Å². The fraction of sp³-hybridized carbons (Fsp3) is 0.483. The van der Waals surface area contributed by atoms with Crippen LogP contribution in [0, 0.1) is 0 Å². The second kappa shape index (κ2) is 15.4. The number of amides is 1. The highest BCUT2D eigenvalue weighted by molar-refractivity contribution is 7.89. The van der Waals surface area contributed by atoms with Gasteiger partial charge in [0.25, 0.3) is 0 Å². The first-order chi connectivity index (χ1) is 19.9. The number of hydrogen-bond donors (Lipinski definition) is 3. The number of aliphatic hydroxyl groups excluding tert-OH is 1. The lowest BCUT2D eigenvalue weighted by molar-refractivity contribution is -0.130. The Kier molecular flexibility index (Phi) is 12.2. The first-order valence-electron chi connectivity index (χ1n) is 13.6. The number of sulfonamides is 1. The molecular formula is C29H38F3N3O6S. The number of nitrogens with zero attached hydrogens (tertiary/aromatic N) is 1. The van der Waals surface area contributed by atoms with E-state index in [-0.39, 0.29) is 32.4 Å². The Balaban J connectivity index is 1.90. The third-order valence-corrected chi connectivity index (χ3v) is 8.81. The van der Waals surface area contributed by atoms with Crippen LogP contribution in [0.2, 0.25) is 0 Å². The molecule has 2 aromatic carbocycles. The van der Waals surface area contributed by atoms with Crippen LogP contribution in [0.25, 0.3) is 0 Å². The minimum atomic E-state index is -4.67. The Morgan fingerprint density at radius 2 is 1.88 bits per heavy atom. The lowest BCUT2D eigenvalue weighted by Crippen LogP contribution is -2.55. The number of nitrogens with one attached hydrogen (secondary N) is 2. The van der Waals surface area contributed by atoms with E-state index in [0.29, 0.717) is 22.3 Å². The Hall–Kier alpha value is -3.13. The quantitative estimate of drug-likeness (QED) is 0.411. The monoisotopic (exact) mass is 613 g/mol. The predicted octanol–water partition coefficient (Wildman–Crippen LogP) is 3.18. The number of hydrogen-bond acceptors (Lipinski definition) is 7. The van der Waals surface area contributed by atoms with Gasteiger partial charge in [-0.15, -0.1) is 0 Å². The molecule has 0 radical (unpaired) electrons. The third kappa shape index (κ3) is 10.3. The standard InChI is InChI=1S/C29H38F3N3O6S/c1-35(42(38,39)16-14-29(30,31)32)25-11-7-4-8-15-41-27-13-12-23(40-2)18-22(27)19-33-20-26(36)24(34-28(25)37)17-21-9-5-3-6-10-21/h3-6,8-10,12-13,18,24-26,33,36H,7,11,14-17,19-20H2,1-2H3,(H,34,37)/b8-4+/t24-,25-,26+/m0/s1. The van der Waals surface area contributed by atoms with Crippen molar-refractivity contribution in [3.8, 4) is 11.5 Å². The summed E-state index contributed by atoms with van der Waals surface area (Å²) in [5.41, 5.74) is 1.63. The summed E-state index contributed by atoms with van der Waals surface area (Å²) in [5, 5.41) is 17.1. The van der Waals surface area contributed by atoms with Gasteiger partial charge >= 0.3 is 6.18 Å². The minimum Gasteiger partial charge on any atom is -0.497 e. The van der Waals surface area contributed by atoms with Gasteiger partial charge in [-0.05, 0) is 43.0 Å². The van der Waals surface area contributed by atoms with Crippen LogP contribution in [0.5, 0.6) is 11.5 Å². The summed E-state index contributed by atoms with van der Waals surface area (Å²) in [5.74, 6) is -0.638. The maximum atomic E-state index is 13.5. The van der Waals surface area contributed by atoms with Crippen molar-refractivity contribution in [2.75, 3.05) is 33.1 Å². The van der Waals surface area contributed by atoms with Crippen molar-refractivity contribution < 1.29 is 41.0 Å². The second-order valence-corrected chi connectivity index (χ2v) is 12.2. The summed E-state index contributed by atoms with van der Waals surface area (Å²) in [6.45, 7) is 0.582. The lowest BCUT2D eigenvalue weighted by atomic mass is 10.00. The van der Waals surface area contributed by atoms with Gasteiger partial charge in [-0.3, -0.25) is 4.79 Å². The number of benzene rings is 2. The highest BCUT2D eigenvalue weighted by Gasteiger charge is 2.36. The molecule has 2 aromatic rings. The number of alkyl halides is 3. The number of rotatable bonds is 7. The van der Waals surface area contributed by atoms with E-state index in [1.54, 1.807) is 31.4 Å². The molecule has 0 spiro atoms. The third-order valence-electron chi connectivity index (χ3n) is 6.96. The van der Waals surface area contributed by atoms with E-state index < -0.39 is 52.5 Å². The molecule has 0 aliphatic carbocycles. The molecule has 9 nitrogen and oxygen atoms in total. The second-order valence-electron chi connectivity index (χ2n) is 10.0. The van der Waals surface area contributed by atoms with E-state index in [2.05, 4.69) is 10.6 Å². The predicted molar refractivity (Wildman–Crippen MR) is 153 cm³/mol. The molecule has 1 heterocycles. The molecule has 0 fully saturated rings. The molecule has 1 amide bonds.